The van der Waals surface area contributed by atoms with Crippen LogP contribution in [0.3, 0.4) is 0 Å². The van der Waals surface area contributed by atoms with Crippen LogP contribution in [0.1, 0.15) is 51.4 Å². The van der Waals surface area contributed by atoms with E-state index in [1.165, 1.54) is 77.5 Å². The van der Waals surface area contributed by atoms with Gasteiger partial charge in [0.2, 0.25) is 0 Å². The molecule has 0 aromatic heterocycles. The maximum atomic E-state index is 3.93. The fraction of sp³-hybridized carbons (Fsp3) is 1.00. The van der Waals surface area contributed by atoms with Gasteiger partial charge in [0.25, 0.3) is 0 Å². The Bertz CT molecular complexity index is 530. The summed E-state index contributed by atoms with van der Waals surface area (Å²) < 4.78 is 0. The monoisotopic (exact) mass is 356 g/mol. The van der Waals surface area contributed by atoms with Crippen molar-refractivity contribution in [1.82, 2.24) is 20.4 Å². The summed E-state index contributed by atoms with van der Waals surface area (Å²) in [4.78, 5) is 6.33. The Hall–Kier alpha value is -0.160. The minimum atomic E-state index is 0.814. The molecule has 26 heavy (non-hydrogen) atoms. The van der Waals surface area contributed by atoms with Crippen LogP contribution >= 0.6 is 0 Å². The highest BCUT2D eigenvalue weighted by Gasteiger charge is 2.66. The highest BCUT2D eigenvalue weighted by atomic mass is 15.4. The van der Waals surface area contributed by atoms with E-state index >= 15 is 0 Å². The first-order valence-electron chi connectivity index (χ1n) is 11.9. The summed E-state index contributed by atoms with van der Waals surface area (Å²) in [6.45, 7) is 5.14. The predicted molar refractivity (Wildman–Crippen MR) is 103 cm³/mol. The lowest BCUT2D eigenvalue weighted by molar-refractivity contribution is -0.0909. The van der Waals surface area contributed by atoms with Crippen molar-refractivity contribution in [2.45, 2.75) is 87.6 Å². The number of piperidine rings is 2. The highest BCUT2D eigenvalue weighted by Crippen LogP contribution is 2.56. The molecule has 0 spiro atoms. The van der Waals surface area contributed by atoms with E-state index in [0.29, 0.717) is 0 Å². The van der Waals surface area contributed by atoms with E-state index in [4.69, 9.17) is 0 Å². The van der Waals surface area contributed by atoms with Crippen LogP contribution in [0, 0.1) is 23.7 Å². The van der Waals surface area contributed by atoms with Gasteiger partial charge in [-0.2, -0.15) is 0 Å². The Labute approximate surface area is 158 Å². The highest BCUT2D eigenvalue weighted by molar-refractivity contribution is 5.22. The van der Waals surface area contributed by atoms with Crippen molar-refractivity contribution in [2.75, 3.05) is 26.2 Å². The summed E-state index contributed by atoms with van der Waals surface area (Å²) in [6.07, 6.45) is 12.0. The van der Waals surface area contributed by atoms with Crippen molar-refractivity contribution in [3.05, 3.63) is 0 Å². The molecule has 0 radical (unpaired) electrons. The third-order valence-electron chi connectivity index (χ3n) is 10.0. The number of fused-ring (bicyclic) bond motifs is 8. The van der Waals surface area contributed by atoms with Gasteiger partial charge in [0.05, 0.1) is 0 Å². The Kier molecular flexibility index (Phi) is 3.44. The zero-order valence-corrected chi connectivity index (χ0v) is 16.2. The molecular formula is C22H36N4. The first-order chi connectivity index (χ1) is 12.9. The van der Waals surface area contributed by atoms with E-state index in [-0.39, 0.29) is 0 Å². The first-order valence-corrected chi connectivity index (χ1v) is 11.9. The van der Waals surface area contributed by atoms with E-state index in [0.717, 1.165) is 59.9 Å². The molecule has 5 saturated heterocycles. The van der Waals surface area contributed by atoms with Gasteiger partial charge in [-0.1, -0.05) is 25.7 Å². The summed E-state index contributed by atoms with van der Waals surface area (Å²) in [5.74, 6) is 3.85. The van der Waals surface area contributed by atoms with Gasteiger partial charge >= 0.3 is 0 Å². The minimum absolute atomic E-state index is 0.814. The van der Waals surface area contributed by atoms with Crippen LogP contribution in [-0.4, -0.2) is 72.2 Å². The fourth-order valence-electron chi connectivity index (χ4n) is 9.46. The van der Waals surface area contributed by atoms with Gasteiger partial charge in [-0.3, -0.25) is 9.80 Å². The Morgan fingerprint density at radius 1 is 0.462 bits per heavy atom. The van der Waals surface area contributed by atoms with Crippen molar-refractivity contribution in [3.8, 4) is 0 Å². The van der Waals surface area contributed by atoms with Gasteiger partial charge in [-0.15, -0.1) is 0 Å². The Morgan fingerprint density at radius 3 is 1.42 bits per heavy atom. The molecule has 5 heterocycles. The summed E-state index contributed by atoms with van der Waals surface area (Å²) in [7, 11) is 0. The molecule has 10 atom stereocenters. The predicted octanol–water partition coefficient (Wildman–Crippen LogP) is 1.66. The summed E-state index contributed by atoms with van der Waals surface area (Å²) in [5.41, 5.74) is 0. The second-order valence-electron chi connectivity index (χ2n) is 10.7. The van der Waals surface area contributed by atoms with E-state index in [1.807, 2.05) is 0 Å². The molecule has 7 aliphatic rings. The van der Waals surface area contributed by atoms with Crippen LogP contribution in [0.4, 0.5) is 0 Å². The molecule has 7 rings (SSSR count). The molecule has 5 aliphatic heterocycles. The van der Waals surface area contributed by atoms with Crippen LogP contribution in [0.25, 0.3) is 0 Å². The van der Waals surface area contributed by atoms with E-state index < -0.39 is 0 Å². The smallest absolute Gasteiger partial charge is 0.0386 e. The molecule has 7 fully saturated rings. The molecule has 10 unspecified atom stereocenters. The van der Waals surface area contributed by atoms with Gasteiger partial charge in [-0.25, -0.2) is 0 Å². The van der Waals surface area contributed by atoms with Crippen molar-refractivity contribution in [1.29, 1.82) is 0 Å². The number of piperazine rings is 1. The SMILES string of the molecule is C1CCC2C(C1)C1CNCC3C1N2C1CNCC2C4CCCCC4N3C21. The van der Waals surface area contributed by atoms with Crippen molar-refractivity contribution in [2.24, 2.45) is 23.7 Å². The third-order valence-corrected chi connectivity index (χ3v) is 10.0. The molecule has 0 amide bonds. The van der Waals surface area contributed by atoms with Gasteiger partial charge in [0, 0.05) is 49.3 Å². The van der Waals surface area contributed by atoms with Gasteiger partial charge in [0.15, 0.2) is 0 Å². The average Bonchev–Trinajstić information content (AvgIpc) is 3.22. The number of hydrogen-bond donors (Lipinski definition) is 2. The lowest BCUT2D eigenvalue weighted by atomic mass is 9.75. The van der Waals surface area contributed by atoms with Crippen LogP contribution < -0.4 is 10.6 Å². The van der Waals surface area contributed by atoms with E-state index in [2.05, 4.69) is 20.4 Å². The first kappa shape index (κ1) is 15.7. The fourth-order valence-corrected chi connectivity index (χ4v) is 9.46. The van der Waals surface area contributed by atoms with Crippen molar-refractivity contribution in [3.63, 3.8) is 0 Å². The van der Waals surface area contributed by atoms with Gasteiger partial charge in [0.1, 0.15) is 0 Å². The zero-order chi connectivity index (χ0) is 16.8. The number of hydrogen-bond acceptors (Lipinski definition) is 4. The van der Waals surface area contributed by atoms with Crippen LogP contribution in [-0.2, 0) is 0 Å². The van der Waals surface area contributed by atoms with Crippen LogP contribution in [0.2, 0.25) is 0 Å². The Morgan fingerprint density at radius 2 is 0.923 bits per heavy atom. The number of rotatable bonds is 0. The van der Waals surface area contributed by atoms with Gasteiger partial charge in [-0.05, 0) is 62.4 Å². The minimum Gasteiger partial charge on any atom is -0.315 e. The second kappa shape index (κ2) is 5.68. The summed E-state index contributed by atoms with van der Waals surface area (Å²) >= 11 is 0. The molecule has 2 aliphatic carbocycles. The second-order valence-corrected chi connectivity index (χ2v) is 10.7. The van der Waals surface area contributed by atoms with Crippen molar-refractivity contribution < 1.29 is 0 Å². The summed E-state index contributed by atoms with van der Waals surface area (Å²) in [5, 5.41) is 7.87. The molecule has 2 saturated carbocycles. The average molecular weight is 357 g/mol. The Balaban J connectivity index is 1.34. The largest absolute Gasteiger partial charge is 0.315 e. The quantitative estimate of drug-likeness (QED) is 0.691. The molecule has 144 valence electrons. The standard InChI is InChI=1S/C22H36N4/c1-3-7-17-13(5-1)15-9-23-11-19-21(15)25(17)20-12-24-10-16-14-6-2-4-8-18(14)26(19)22(16)20/h13-24H,1-12H2. The molecular weight excluding hydrogens is 320 g/mol. The molecule has 4 nitrogen and oxygen atoms in total. The number of nitrogens with one attached hydrogen (secondary N) is 2. The molecule has 2 N–H and O–H groups in total. The summed E-state index contributed by atoms with van der Waals surface area (Å²) in [6, 6.07) is 5.19. The molecule has 4 heteroatoms. The molecule has 0 aromatic carbocycles. The van der Waals surface area contributed by atoms with E-state index in [1.54, 1.807) is 0 Å². The zero-order valence-electron chi connectivity index (χ0n) is 16.2. The van der Waals surface area contributed by atoms with Crippen molar-refractivity contribution >= 4 is 0 Å². The van der Waals surface area contributed by atoms with Gasteiger partial charge < -0.3 is 10.6 Å². The maximum Gasteiger partial charge on any atom is 0.0386 e. The topological polar surface area (TPSA) is 30.5 Å². The van der Waals surface area contributed by atoms with Crippen LogP contribution in [0.15, 0.2) is 0 Å². The maximum absolute atomic E-state index is 3.93. The lowest BCUT2D eigenvalue weighted by Crippen LogP contribution is -2.75. The molecule has 0 bridgehead atoms. The number of nitrogens with zero attached hydrogens (tertiary/aromatic N) is 2. The lowest BCUT2D eigenvalue weighted by Gasteiger charge is -2.59. The molecule has 0 aromatic rings. The normalized spacial score (nSPS) is 58.6. The van der Waals surface area contributed by atoms with E-state index in [9.17, 15) is 0 Å². The third kappa shape index (κ3) is 1.86. The van der Waals surface area contributed by atoms with Crippen LogP contribution in [0.5, 0.6) is 0 Å².